The van der Waals surface area contributed by atoms with E-state index in [1.165, 1.54) is 7.11 Å². The second kappa shape index (κ2) is 14.8. The van der Waals surface area contributed by atoms with Gasteiger partial charge in [0, 0.05) is 5.70 Å². The highest BCUT2D eigenvalue weighted by Gasteiger charge is 2.32. The topological polar surface area (TPSA) is 149 Å². The van der Waals surface area contributed by atoms with Gasteiger partial charge < -0.3 is 39.4 Å². The smallest absolute Gasteiger partial charge is 0.337 e. The molecule has 3 rings (SSSR count). The van der Waals surface area contributed by atoms with Gasteiger partial charge in [0.15, 0.2) is 29.2 Å². The highest BCUT2D eigenvalue weighted by Crippen LogP contribution is 2.36. The van der Waals surface area contributed by atoms with Crippen molar-refractivity contribution in [1.29, 1.82) is 0 Å². The van der Waals surface area contributed by atoms with Crippen LogP contribution in [0, 0.1) is 3.57 Å². The Morgan fingerprint density at radius 1 is 1.17 bits per heavy atom. The molecular weight excluding hydrogens is 647 g/mol. The monoisotopic (exact) mass is 682 g/mol. The SMILES string of the molecule is CCOc1cc([C@H]2NC(=O)NC(C)=C2C(=O)OC)ccc1OC[C@@H](O)N/N=C/c1cc(I)c(OC(C)C)c(OC)c1. The molecule has 2 amide bonds. The van der Waals surface area contributed by atoms with Gasteiger partial charge in [0.05, 0.1) is 48.3 Å². The minimum atomic E-state index is -1.13. The van der Waals surface area contributed by atoms with Gasteiger partial charge in [-0.3, -0.25) is 5.43 Å². The molecule has 41 heavy (non-hydrogen) atoms. The number of ether oxygens (including phenoxy) is 5. The second-order valence-corrected chi connectivity index (χ2v) is 10.3. The van der Waals surface area contributed by atoms with Crippen LogP contribution in [0.3, 0.4) is 0 Å². The first kappa shape index (κ1) is 31.8. The maximum absolute atomic E-state index is 12.4. The predicted molar refractivity (Wildman–Crippen MR) is 160 cm³/mol. The van der Waals surface area contributed by atoms with Crippen LogP contribution in [0.1, 0.15) is 44.9 Å². The molecule has 2 atom stereocenters. The van der Waals surface area contributed by atoms with E-state index in [2.05, 4.69) is 43.8 Å². The number of allylic oxidation sites excluding steroid dienone is 1. The zero-order chi connectivity index (χ0) is 30.1. The molecule has 2 aromatic rings. The third-order valence-electron chi connectivity index (χ3n) is 5.71. The summed E-state index contributed by atoms with van der Waals surface area (Å²) in [5.41, 5.74) is 4.63. The highest BCUT2D eigenvalue weighted by molar-refractivity contribution is 14.1. The summed E-state index contributed by atoms with van der Waals surface area (Å²) in [6.07, 6.45) is 0.414. The number of benzene rings is 2. The van der Waals surface area contributed by atoms with Gasteiger partial charge in [0.2, 0.25) is 0 Å². The summed E-state index contributed by atoms with van der Waals surface area (Å²) >= 11 is 2.17. The number of hydrazone groups is 1. The van der Waals surface area contributed by atoms with Crippen LogP contribution in [-0.4, -0.2) is 63.1 Å². The van der Waals surface area contributed by atoms with Crippen LogP contribution in [0.2, 0.25) is 0 Å². The van der Waals surface area contributed by atoms with Crippen LogP contribution >= 0.6 is 22.6 Å². The molecule has 0 aliphatic carbocycles. The molecule has 12 nitrogen and oxygen atoms in total. The summed E-state index contributed by atoms with van der Waals surface area (Å²) in [6.45, 7) is 7.52. The van der Waals surface area contributed by atoms with Gasteiger partial charge in [0.1, 0.15) is 6.61 Å². The Balaban J connectivity index is 1.69. The minimum Gasteiger partial charge on any atom is -0.493 e. The maximum Gasteiger partial charge on any atom is 0.337 e. The summed E-state index contributed by atoms with van der Waals surface area (Å²) in [6, 6.07) is 7.49. The molecule has 0 saturated carbocycles. The first-order chi connectivity index (χ1) is 19.6. The standard InChI is InChI=1S/C28H35IN4O8/c1-7-39-21-12-18(25-24(27(35)38-6)16(4)31-28(36)32-25)8-9-20(21)40-14-23(34)33-30-13-17-10-19(29)26(41-15(2)3)22(11-17)37-5/h8-13,15,23,25,33-34H,7,14H2,1-6H3,(H2,31,32,36)/b30-13+/t23-,25-/m1/s1. The van der Waals surface area contributed by atoms with Crippen molar-refractivity contribution >= 4 is 40.8 Å². The van der Waals surface area contributed by atoms with Gasteiger partial charge in [0.25, 0.3) is 0 Å². The molecule has 0 unspecified atom stereocenters. The third kappa shape index (κ3) is 8.39. The van der Waals surface area contributed by atoms with Crippen molar-refractivity contribution < 1.29 is 38.4 Å². The number of urea groups is 1. The number of hydrogen-bond acceptors (Lipinski definition) is 10. The van der Waals surface area contributed by atoms with Gasteiger partial charge in [-0.1, -0.05) is 6.07 Å². The first-order valence-corrected chi connectivity index (χ1v) is 13.9. The number of rotatable bonds is 13. The Morgan fingerprint density at radius 3 is 2.59 bits per heavy atom. The van der Waals surface area contributed by atoms with Crippen molar-refractivity contribution in [2.24, 2.45) is 5.10 Å². The van der Waals surface area contributed by atoms with Crippen molar-refractivity contribution in [2.45, 2.75) is 46.1 Å². The highest BCUT2D eigenvalue weighted by atomic mass is 127. The van der Waals surface area contributed by atoms with Crippen LogP contribution in [0.25, 0.3) is 0 Å². The summed E-state index contributed by atoms with van der Waals surface area (Å²) < 4.78 is 28.6. The molecular formula is C28H35IN4O8. The molecule has 0 radical (unpaired) electrons. The summed E-state index contributed by atoms with van der Waals surface area (Å²) in [5, 5.41) is 19.8. The van der Waals surface area contributed by atoms with Crippen molar-refractivity contribution in [3.8, 4) is 23.0 Å². The Hall–Kier alpha value is -3.72. The normalized spacial score (nSPS) is 15.7. The lowest BCUT2D eigenvalue weighted by Crippen LogP contribution is -2.45. The van der Waals surface area contributed by atoms with Crippen LogP contribution in [-0.2, 0) is 9.53 Å². The molecule has 1 aliphatic heterocycles. The molecule has 1 heterocycles. The van der Waals surface area contributed by atoms with Gasteiger partial charge in [-0.2, -0.15) is 5.10 Å². The van der Waals surface area contributed by atoms with E-state index in [-0.39, 0.29) is 18.3 Å². The van der Waals surface area contributed by atoms with E-state index in [1.807, 2.05) is 26.8 Å². The van der Waals surface area contributed by atoms with E-state index in [0.29, 0.717) is 40.9 Å². The van der Waals surface area contributed by atoms with E-state index in [1.54, 1.807) is 44.5 Å². The largest absolute Gasteiger partial charge is 0.493 e. The summed E-state index contributed by atoms with van der Waals surface area (Å²) in [5.74, 6) is 1.41. The quantitative estimate of drug-likeness (QED) is 0.0818. The molecule has 13 heteroatoms. The Labute approximate surface area is 252 Å². The van der Waals surface area contributed by atoms with E-state index in [0.717, 1.165) is 9.13 Å². The van der Waals surface area contributed by atoms with E-state index in [9.17, 15) is 14.7 Å². The second-order valence-electron chi connectivity index (χ2n) is 9.12. The number of aliphatic hydroxyl groups is 1. The Morgan fingerprint density at radius 2 is 1.93 bits per heavy atom. The fraction of sp³-hybridized carbons (Fsp3) is 0.393. The first-order valence-electron chi connectivity index (χ1n) is 12.8. The zero-order valence-electron chi connectivity index (χ0n) is 23.7. The van der Waals surface area contributed by atoms with E-state index >= 15 is 0 Å². The van der Waals surface area contributed by atoms with Crippen LogP contribution in [0.5, 0.6) is 23.0 Å². The molecule has 222 valence electrons. The summed E-state index contributed by atoms with van der Waals surface area (Å²) in [4.78, 5) is 24.5. The van der Waals surface area contributed by atoms with Gasteiger partial charge in [-0.05, 0) is 85.7 Å². The lowest BCUT2D eigenvalue weighted by atomic mass is 9.95. The number of nitrogens with zero attached hydrogens (tertiary/aromatic N) is 1. The predicted octanol–water partition coefficient (Wildman–Crippen LogP) is 3.61. The number of carbonyl (C=O) groups excluding carboxylic acids is 2. The third-order valence-corrected chi connectivity index (χ3v) is 6.52. The van der Waals surface area contributed by atoms with Crippen molar-refractivity contribution in [3.05, 3.63) is 56.3 Å². The average Bonchev–Trinajstić information content (AvgIpc) is 2.92. The molecule has 0 saturated heterocycles. The molecule has 4 N–H and O–H groups in total. The number of aliphatic hydroxyl groups excluding tert-OH is 1. The van der Waals surface area contributed by atoms with Crippen molar-refractivity contribution in [3.63, 3.8) is 0 Å². The summed E-state index contributed by atoms with van der Waals surface area (Å²) in [7, 11) is 2.85. The number of hydrogen-bond donors (Lipinski definition) is 4. The minimum absolute atomic E-state index is 0.00279. The van der Waals surface area contributed by atoms with Crippen LogP contribution in [0.4, 0.5) is 4.79 Å². The molecule has 0 fully saturated rings. The van der Waals surface area contributed by atoms with Crippen molar-refractivity contribution in [1.82, 2.24) is 16.1 Å². The van der Waals surface area contributed by atoms with Crippen LogP contribution in [0.15, 0.2) is 46.7 Å². The van der Waals surface area contributed by atoms with Crippen molar-refractivity contribution in [2.75, 3.05) is 27.4 Å². The van der Waals surface area contributed by atoms with Gasteiger partial charge in [-0.15, -0.1) is 0 Å². The number of carbonyl (C=O) groups is 2. The Kier molecular flexibility index (Phi) is 11.5. The molecule has 0 spiro atoms. The molecule has 0 bridgehead atoms. The van der Waals surface area contributed by atoms with Gasteiger partial charge >= 0.3 is 12.0 Å². The number of methoxy groups -OCH3 is 2. The van der Waals surface area contributed by atoms with E-state index < -0.39 is 24.3 Å². The molecule has 0 aromatic heterocycles. The Bertz CT molecular complexity index is 1310. The molecule has 2 aromatic carbocycles. The van der Waals surface area contributed by atoms with Crippen LogP contribution < -0.4 is 35.0 Å². The number of halogens is 1. The number of nitrogens with one attached hydrogen (secondary N) is 3. The number of esters is 1. The van der Waals surface area contributed by atoms with E-state index in [4.69, 9.17) is 23.7 Å². The zero-order valence-corrected chi connectivity index (χ0v) is 25.9. The number of amides is 2. The maximum atomic E-state index is 12.4. The van der Waals surface area contributed by atoms with Gasteiger partial charge in [-0.25, -0.2) is 9.59 Å². The average molecular weight is 683 g/mol. The lowest BCUT2D eigenvalue weighted by molar-refractivity contribution is -0.136. The lowest BCUT2D eigenvalue weighted by Gasteiger charge is -2.28. The molecule has 1 aliphatic rings. The fourth-order valence-electron chi connectivity index (χ4n) is 3.98. The fourth-order valence-corrected chi connectivity index (χ4v) is 4.74.